The van der Waals surface area contributed by atoms with E-state index in [1.54, 1.807) is 41.5 Å². The molecule has 10 heteroatoms. The highest BCUT2D eigenvalue weighted by Crippen LogP contribution is 2.22. The van der Waals surface area contributed by atoms with Gasteiger partial charge in [0.25, 0.3) is 0 Å². The summed E-state index contributed by atoms with van der Waals surface area (Å²) in [7, 11) is 0. The smallest absolute Gasteiger partial charge is 0.411 e. The van der Waals surface area contributed by atoms with Crippen molar-refractivity contribution in [2.45, 2.75) is 84.2 Å². The summed E-state index contributed by atoms with van der Waals surface area (Å²) in [6, 6.07) is -2.58. The van der Waals surface area contributed by atoms with E-state index in [2.05, 4.69) is 10.6 Å². The predicted molar refractivity (Wildman–Crippen MR) is 99.7 cm³/mol. The highest BCUT2D eigenvalue weighted by Gasteiger charge is 2.42. The molecule has 3 atom stereocenters. The Kier molecular flexibility index (Phi) is 7.27. The van der Waals surface area contributed by atoms with E-state index in [4.69, 9.17) is 9.47 Å². The minimum Gasteiger partial charge on any atom is -0.480 e. The Morgan fingerprint density at radius 3 is 2.04 bits per heavy atom. The Morgan fingerprint density at radius 1 is 1.04 bits per heavy atom. The topological polar surface area (TPSA) is 134 Å². The molecule has 1 rings (SSSR count). The quantitative estimate of drug-likeness (QED) is 0.649. The second-order valence-electron chi connectivity index (χ2n) is 8.80. The lowest BCUT2D eigenvalue weighted by Crippen LogP contribution is -2.50. The molecule has 1 saturated heterocycles. The summed E-state index contributed by atoms with van der Waals surface area (Å²) in [5.74, 6) is -1.69. The van der Waals surface area contributed by atoms with E-state index in [-0.39, 0.29) is 13.0 Å². The number of carboxylic acids is 1. The Balaban J connectivity index is 2.68. The molecule has 0 aliphatic carbocycles. The summed E-state index contributed by atoms with van der Waals surface area (Å²) < 4.78 is 10.3. The van der Waals surface area contributed by atoms with Gasteiger partial charge in [-0.3, -0.25) is 9.69 Å². The van der Waals surface area contributed by atoms with Crippen molar-refractivity contribution in [1.82, 2.24) is 15.5 Å². The summed E-state index contributed by atoms with van der Waals surface area (Å²) >= 11 is 0. The molecule has 0 spiro atoms. The zero-order valence-corrected chi connectivity index (χ0v) is 17.5. The van der Waals surface area contributed by atoms with Crippen molar-refractivity contribution in [2.75, 3.05) is 6.54 Å². The van der Waals surface area contributed by atoms with Gasteiger partial charge in [-0.25, -0.2) is 14.4 Å². The van der Waals surface area contributed by atoms with Gasteiger partial charge in [-0.05, 0) is 48.5 Å². The van der Waals surface area contributed by atoms with E-state index in [0.29, 0.717) is 0 Å². The maximum Gasteiger partial charge on any atom is 0.411 e. The van der Waals surface area contributed by atoms with Gasteiger partial charge < -0.3 is 25.2 Å². The van der Waals surface area contributed by atoms with Gasteiger partial charge in [0.2, 0.25) is 5.91 Å². The monoisotopic (exact) mass is 401 g/mol. The van der Waals surface area contributed by atoms with Crippen LogP contribution < -0.4 is 10.6 Å². The van der Waals surface area contributed by atoms with Gasteiger partial charge in [0.05, 0.1) is 0 Å². The Bertz CT molecular complexity index is 622. The lowest BCUT2D eigenvalue weighted by atomic mass is 10.1. The molecular formula is C18H31N3O7. The van der Waals surface area contributed by atoms with Crippen LogP contribution in [0, 0.1) is 0 Å². The predicted octanol–water partition coefficient (Wildman–Crippen LogP) is 1.48. The number of likely N-dealkylation sites (tertiary alicyclic amines) is 1. The van der Waals surface area contributed by atoms with Crippen LogP contribution in [-0.4, -0.2) is 69.9 Å². The van der Waals surface area contributed by atoms with Crippen LogP contribution in [0.3, 0.4) is 0 Å². The van der Waals surface area contributed by atoms with Gasteiger partial charge in [0.15, 0.2) is 0 Å². The molecule has 0 aromatic rings. The number of nitrogens with zero attached hydrogens (tertiary/aromatic N) is 1. The third-order valence-electron chi connectivity index (χ3n) is 3.69. The fourth-order valence-corrected chi connectivity index (χ4v) is 2.57. The van der Waals surface area contributed by atoms with Gasteiger partial charge in [-0.1, -0.05) is 0 Å². The Morgan fingerprint density at radius 2 is 1.57 bits per heavy atom. The van der Waals surface area contributed by atoms with E-state index in [1.807, 2.05) is 0 Å². The number of carbonyl (C=O) groups excluding carboxylic acids is 3. The molecule has 28 heavy (non-hydrogen) atoms. The zero-order chi connectivity index (χ0) is 21.9. The third-order valence-corrected chi connectivity index (χ3v) is 3.69. The van der Waals surface area contributed by atoms with Gasteiger partial charge in [0, 0.05) is 19.0 Å². The molecule has 0 bridgehead atoms. The van der Waals surface area contributed by atoms with Crippen LogP contribution >= 0.6 is 0 Å². The summed E-state index contributed by atoms with van der Waals surface area (Å²) in [6.45, 7) is 11.6. The lowest BCUT2D eigenvalue weighted by molar-refractivity contribution is -0.142. The average Bonchev–Trinajstić information content (AvgIpc) is 2.87. The zero-order valence-electron chi connectivity index (χ0n) is 17.5. The second kappa shape index (κ2) is 8.66. The molecule has 0 aromatic heterocycles. The normalized spacial score (nSPS) is 20.9. The number of hydrogen-bond acceptors (Lipinski definition) is 6. The molecule has 0 saturated carbocycles. The maximum absolute atomic E-state index is 12.3. The Hall–Kier alpha value is -2.52. The van der Waals surface area contributed by atoms with Crippen molar-refractivity contribution in [3.63, 3.8) is 0 Å². The fourth-order valence-electron chi connectivity index (χ4n) is 2.57. The summed E-state index contributed by atoms with van der Waals surface area (Å²) in [5, 5.41) is 14.5. The van der Waals surface area contributed by atoms with Crippen LogP contribution in [0.1, 0.15) is 54.9 Å². The second-order valence-corrected chi connectivity index (χ2v) is 8.80. The van der Waals surface area contributed by atoms with Gasteiger partial charge >= 0.3 is 18.2 Å². The van der Waals surface area contributed by atoms with Gasteiger partial charge in [-0.15, -0.1) is 0 Å². The molecule has 10 nitrogen and oxygen atoms in total. The van der Waals surface area contributed by atoms with Crippen molar-refractivity contribution in [1.29, 1.82) is 0 Å². The number of carbonyl (C=O) groups is 4. The maximum atomic E-state index is 12.3. The highest BCUT2D eigenvalue weighted by atomic mass is 16.6. The number of alkyl carbamates (subject to hydrolysis) is 1. The van der Waals surface area contributed by atoms with Crippen molar-refractivity contribution in [2.24, 2.45) is 0 Å². The lowest BCUT2D eigenvalue weighted by Gasteiger charge is -2.26. The first-order valence-electron chi connectivity index (χ1n) is 9.11. The summed E-state index contributed by atoms with van der Waals surface area (Å²) in [5.41, 5.74) is -1.47. The molecule has 1 fully saturated rings. The van der Waals surface area contributed by atoms with E-state index in [1.165, 1.54) is 6.92 Å². The molecule has 1 aliphatic heterocycles. The SMILES string of the molecule is C[C@H](NC(=O)OC(C)(C)C)C(=O)NC1C[C@H](C(=O)O)N(C(=O)OC(C)(C)C)C1. The number of nitrogens with one attached hydrogen (secondary N) is 2. The molecule has 1 heterocycles. The third kappa shape index (κ3) is 7.61. The summed E-state index contributed by atoms with van der Waals surface area (Å²) in [4.78, 5) is 48.9. The van der Waals surface area contributed by atoms with Crippen LogP contribution in [-0.2, 0) is 19.1 Å². The molecule has 3 amide bonds. The van der Waals surface area contributed by atoms with Crippen molar-refractivity contribution >= 4 is 24.1 Å². The van der Waals surface area contributed by atoms with Crippen LogP contribution in [0.25, 0.3) is 0 Å². The van der Waals surface area contributed by atoms with Crippen LogP contribution in [0.5, 0.6) is 0 Å². The number of carboxylic acid groups (broad SMARTS) is 1. The first-order valence-corrected chi connectivity index (χ1v) is 9.11. The average molecular weight is 401 g/mol. The number of amides is 3. The minimum absolute atomic E-state index is 0.00320. The molecule has 1 aliphatic rings. The number of rotatable bonds is 4. The van der Waals surface area contributed by atoms with E-state index < -0.39 is 53.4 Å². The van der Waals surface area contributed by atoms with Crippen LogP contribution in [0.15, 0.2) is 0 Å². The van der Waals surface area contributed by atoms with E-state index in [0.717, 1.165) is 4.90 Å². The standard InChI is InChI=1S/C18H31N3O7/c1-10(19-15(25)27-17(2,3)4)13(22)20-11-8-12(14(23)24)21(9-11)16(26)28-18(5,6)7/h10-12H,8-9H2,1-7H3,(H,19,25)(H,20,22)(H,23,24)/t10-,11?,12+/m0/s1. The largest absolute Gasteiger partial charge is 0.480 e. The van der Waals surface area contributed by atoms with E-state index >= 15 is 0 Å². The van der Waals surface area contributed by atoms with Gasteiger partial charge in [-0.2, -0.15) is 0 Å². The van der Waals surface area contributed by atoms with Crippen LogP contribution in [0.4, 0.5) is 9.59 Å². The van der Waals surface area contributed by atoms with Crippen LogP contribution in [0.2, 0.25) is 0 Å². The van der Waals surface area contributed by atoms with E-state index in [9.17, 15) is 24.3 Å². The number of aliphatic carboxylic acids is 1. The molecule has 1 unspecified atom stereocenters. The van der Waals surface area contributed by atoms with Crippen molar-refractivity contribution in [3.8, 4) is 0 Å². The molecular weight excluding hydrogens is 370 g/mol. The first-order chi connectivity index (χ1) is 12.6. The first kappa shape index (κ1) is 23.5. The number of ether oxygens (including phenoxy) is 2. The summed E-state index contributed by atoms with van der Waals surface area (Å²) in [6.07, 6.45) is -1.45. The fraction of sp³-hybridized carbons (Fsp3) is 0.778. The minimum atomic E-state index is -1.18. The van der Waals surface area contributed by atoms with Gasteiger partial charge in [0.1, 0.15) is 23.3 Å². The molecule has 0 radical (unpaired) electrons. The molecule has 3 N–H and O–H groups in total. The van der Waals surface area contributed by atoms with Crippen molar-refractivity contribution < 1.29 is 33.8 Å². The number of hydrogen-bond donors (Lipinski definition) is 3. The molecule has 0 aromatic carbocycles. The highest BCUT2D eigenvalue weighted by molar-refractivity contribution is 5.86. The Labute approximate surface area is 164 Å². The molecule has 160 valence electrons. The van der Waals surface area contributed by atoms with Crippen molar-refractivity contribution in [3.05, 3.63) is 0 Å².